The first kappa shape index (κ1) is 21.1. The minimum absolute atomic E-state index is 0.0273. The summed E-state index contributed by atoms with van der Waals surface area (Å²) in [5.41, 5.74) is 4.26. The van der Waals surface area contributed by atoms with E-state index in [0.717, 1.165) is 22.8 Å². The van der Waals surface area contributed by atoms with Gasteiger partial charge in [-0.25, -0.2) is 9.97 Å². The number of aryl methyl sites for hydroxylation is 1. The fraction of sp³-hybridized carbons (Fsp3) is 0.240. The predicted molar refractivity (Wildman–Crippen MR) is 130 cm³/mol. The van der Waals surface area contributed by atoms with Crippen molar-refractivity contribution in [2.24, 2.45) is 0 Å². The van der Waals surface area contributed by atoms with Gasteiger partial charge in [0.05, 0.1) is 5.69 Å². The molecular formula is C25H23N7O3. The van der Waals surface area contributed by atoms with Crippen molar-refractivity contribution in [3.05, 3.63) is 66.0 Å². The molecule has 176 valence electrons. The highest BCUT2D eigenvalue weighted by molar-refractivity contribution is 5.92. The topological polar surface area (TPSA) is 98.5 Å². The van der Waals surface area contributed by atoms with Gasteiger partial charge < -0.3 is 19.3 Å². The number of amides is 1. The van der Waals surface area contributed by atoms with E-state index in [1.807, 2.05) is 54.3 Å². The van der Waals surface area contributed by atoms with E-state index in [1.165, 1.54) is 11.9 Å². The third kappa shape index (κ3) is 4.03. The van der Waals surface area contributed by atoms with Gasteiger partial charge in [-0.3, -0.25) is 4.79 Å². The molecule has 1 saturated heterocycles. The van der Waals surface area contributed by atoms with E-state index in [1.54, 1.807) is 16.8 Å². The number of carbonyl (C=O) groups excluding carboxylic acids is 1. The number of aromatic nitrogens is 5. The van der Waals surface area contributed by atoms with Crippen LogP contribution in [0.4, 0.5) is 5.82 Å². The molecule has 0 atom stereocenters. The van der Waals surface area contributed by atoms with E-state index in [0.29, 0.717) is 43.1 Å². The van der Waals surface area contributed by atoms with Gasteiger partial charge in [-0.2, -0.15) is 4.68 Å². The second-order valence-corrected chi connectivity index (χ2v) is 8.46. The Morgan fingerprint density at radius 1 is 0.971 bits per heavy atom. The molecule has 0 N–H and O–H groups in total. The zero-order valence-electron chi connectivity index (χ0n) is 19.2. The summed E-state index contributed by atoms with van der Waals surface area (Å²) in [7, 11) is 0. The van der Waals surface area contributed by atoms with Crippen LogP contribution in [0.5, 0.6) is 11.5 Å². The third-order valence-corrected chi connectivity index (χ3v) is 6.20. The van der Waals surface area contributed by atoms with Crippen LogP contribution < -0.4 is 14.4 Å². The molecule has 2 aromatic heterocycles. The molecule has 0 radical (unpaired) electrons. The first-order valence-electron chi connectivity index (χ1n) is 11.4. The summed E-state index contributed by atoms with van der Waals surface area (Å²) in [6.07, 6.45) is 4.94. The monoisotopic (exact) mass is 469 g/mol. The summed E-state index contributed by atoms with van der Waals surface area (Å²) in [4.78, 5) is 25.6. The Morgan fingerprint density at radius 3 is 2.60 bits per heavy atom. The number of benzene rings is 2. The van der Waals surface area contributed by atoms with E-state index in [-0.39, 0.29) is 12.7 Å². The molecule has 2 aliphatic rings. The number of carbonyl (C=O) groups is 1. The van der Waals surface area contributed by atoms with E-state index < -0.39 is 0 Å². The van der Waals surface area contributed by atoms with Crippen molar-refractivity contribution in [2.45, 2.75) is 6.92 Å². The normalized spacial score (nSPS) is 15.3. The molecule has 0 spiro atoms. The van der Waals surface area contributed by atoms with Crippen LogP contribution in [-0.2, 0) is 4.79 Å². The quantitative estimate of drug-likeness (QED) is 0.421. The number of fused-ring (bicyclic) bond motifs is 2. The van der Waals surface area contributed by atoms with Gasteiger partial charge in [0, 0.05) is 32.3 Å². The van der Waals surface area contributed by atoms with E-state index in [4.69, 9.17) is 9.47 Å². The summed E-state index contributed by atoms with van der Waals surface area (Å²) < 4.78 is 12.5. The van der Waals surface area contributed by atoms with Gasteiger partial charge in [0.25, 0.3) is 0 Å². The molecule has 4 aromatic rings. The SMILES string of the molecule is Cc1ccc(-n2nnc3c(N4CCN(C(=O)/C=C\c5ccc6c(c5)OCO6)CC4)ncnc32)cc1. The number of hydrogen-bond donors (Lipinski definition) is 0. The number of hydrogen-bond acceptors (Lipinski definition) is 8. The average Bonchev–Trinajstić information content (AvgIpc) is 3.55. The summed E-state index contributed by atoms with van der Waals surface area (Å²) >= 11 is 0. The minimum Gasteiger partial charge on any atom is -0.454 e. The number of anilines is 1. The number of rotatable bonds is 4. The smallest absolute Gasteiger partial charge is 0.246 e. The Bertz CT molecular complexity index is 1420. The number of ether oxygens (including phenoxy) is 2. The third-order valence-electron chi connectivity index (χ3n) is 6.20. The maximum absolute atomic E-state index is 12.8. The van der Waals surface area contributed by atoms with Crippen LogP contribution in [0.25, 0.3) is 22.9 Å². The van der Waals surface area contributed by atoms with E-state index in [9.17, 15) is 4.79 Å². The lowest BCUT2D eigenvalue weighted by Crippen LogP contribution is -2.48. The summed E-state index contributed by atoms with van der Waals surface area (Å²) in [5.74, 6) is 2.13. The Labute approximate surface area is 201 Å². The molecule has 4 heterocycles. The van der Waals surface area contributed by atoms with Crippen LogP contribution in [0, 0.1) is 6.92 Å². The van der Waals surface area contributed by atoms with Crippen molar-refractivity contribution in [1.82, 2.24) is 29.9 Å². The Hall–Kier alpha value is -4.47. The summed E-state index contributed by atoms with van der Waals surface area (Å²) in [5, 5.41) is 8.69. The zero-order chi connectivity index (χ0) is 23.8. The second-order valence-electron chi connectivity index (χ2n) is 8.46. The molecule has 0 aliphatic carbocycles. The van der Waals surface area contributed by atoms with Crippen molar-refractivity contribution >= 4 is 29.0 Å². The van der Waals surface area contributed by atoms with Crippen molar-refractivity contribution in [3.8, 4) is 17.2 Å². The first-order valence-corrected chi connectivity index (χ1v) is 11.4. The lowest BCUT2D eigenvalue weighted by Gasteiger charge is -2.34. The average molecular weight is 470 g/mol. The van der Waals surface area contributed by atoms with Crippen molar-refractivity contribution in [2.75, 3.05) is 37.9 Å². The standard InChI is InChI=1S/C25H23N7O3/c1-17-2-6-19(7-3-17)32-25-23(28-29-32)24(26-15-27-25)31-12-10-30(11-13-31)22(33)9-5-18-4-8-20-21(14-18)35-16-34-20/h2-9,14-15H,10-13,16H2,1H3/b9-5-. The van der Waals surface area contributed by atoms with E-state index in [2.05, 4.69) is 25.2 Å². The van der Waals surface area contributed by atoms with Crippen LogP contribution in [0.15, 0.2) is 54.9 Å². The van der Waals surface area contributed by atoms with Gasteiger partial charge in [0.1, 0.15) is 6.33 Å². The zero-order valence-corrected chi connectivity index (χ0v) is 19.2. The van der Waals surface area contributed by atoms with Crippen LogP contribution in [0.2, 0.25) is 0 Å². The van der Waals surface area contributed by atoms with Crippen molar-refractivity contribution in [1.29, 1.82) is 0 Å². The predicted octanol–water partition coefficient (Wildman–Crippen LogP) is 2.61. The first-order chi connectivity index (χ1) is 17.2. The van der Waals surface area contributed by atoms with Gasteiger partial charge >= 0.3 is 0 Å². The molecule has 0 saturated carbocycles. The molecule has 35 heavy (non-hydrogen) atoms. The fourth-order valence-electron chi connectivity index (χ4n) is 4.26. The fourth-order valence-corrected chi connectivity index (χ4v) is 4.26. The molecular weight excluding hydrogens is 446 g/mol. The minimum atomic E-state index is -0.0273. The van der Waals surface area contributed by atoms with Gasteiger partial charge in [-0.15, -0.1) is 5.10 Å². The van der Waals surface area contributed by atoms with Gasteiger partial charge in [0.2, 0.25) is 12.7 Å². The molecule has 0 unspecified atom stereocenters. The van der Waals surface area contributed by atoms with E-state index >= 15 is 0 Å². The second kappa shape index (κ2) is 8.71. The molecule has 6 rings (SSSR count). The van der Waals surface area contributed by atoms with Crippen molar-refractivity contribution < 1.29 is 14.3 Å². The highest BCUT2D eigenvalue weighted by Gasteiger charge is 2.24. The van der Waals surface area contributed by atoms with Crippen LogP contribution in [-0.4, -0.2) is 68.7 Å². The number of nitrogens with zero attached hydrogens (tertiary/aromatic N) is 7. The largest absolute Gasteiger partial charge is 0.454 e. The highest BCUT2D eigenvalue weighted by Crippen LogP contribution is 2.32. The number of piperazine rings is 1. The summed E-state index contributed by atoms with van der Waals surface area (Å²) in [6, 6.07) is 13.7. The van der Waals surface area contributed by atoms with Crippen LogP contribution in [0.3, 0.4) is 0 Å². The Kier molecular flexibility index (Phi) is 5.25. The Balaban J connectivity index is 1.14. The van der Waals surface area contributed by atoms with Gasteiger partial charge in [0.15, 0.2) is 28.5 Å². The lowest BCUT2D eigenvalue weighted by atomic mass is 10.2. The molecule has 0 bridgehead atoms. The molecule has 2 aromatic carbocycles. The van der Waals surface area contributed by atoms with Gasteiger partial charge in [-0.1, -0.05) is 29.0 Å². The molecule has 10 heteroatoms. The lowest BCUT2D eigenvalue weighted by molar-refractivity contribution is -0.126. The van der Waals surface area contributed by atoms with Gasteiger partial charge in [-0.05, 0) is 42.8 Å². The maximum Gasteiger partial charge on any atom is 0.246 e. The van der Waals surface area contributed by atoms with Crippen LogP contribution in [0.1, 0.15) is 11.1 Å². The summed E-state index contributed by atoms with van der Waals surface area (Å²) in [6.45, 7) is 4.73. The van der Waals surface area contributed by atoms with Crippen molar-refractivity contribution in [3.63, 3.8) is 0 Å². The highest BCUT2D eigenvalue weighted by atomic mass is 16.7. The Morgan fingerprint density at radius 2 is 1.77 bits per heavy atom. The molecule has 10 nitrogen and oxygen atoms in total. The molecule has 2 aliphatic heterocycles. The maximum atomic E-state index is 12.8. The molecule has 1 fully saturated rings. The van der Waals surface area contributed by atoms with Crippen LogP contribution >= 0.6 is 0 Å². The molecule has 1 amide bonds.